The maximum atomic E-state index is 12.9. The molecule has 1 aliphatic rings. The van der Waals surface area contributed by atoms with Crippen molar-refractivity contribution in [1.82, 2.24) is 20.3 Å². The number of rotatable bonds is 17. The van der Waals surface area contributed by atoms with E-state index in [1.165, 1.54) is 61.3 Å². The number of likely N-dealkylation sites (N-methyl/N-ethyl adjacent to an activating group) is 1. The zero-order chi connectivity index (χ0) is 51.6. The van der Waals surface area contributed by atoms with Crippen LogP contribution in [0, 0.1) is 0 Å². The number of benzene rings is 2. The van der Waals surface area contributed by atoms with Crippen LogP contribution in [0.2, 0.25) is 0 Å². The minimum atomic E-state index is -4.45. The van der Waals surface area contributed by atoms with Crippen LogP contribution >= 0.6 is 23.6 Å². The van der Waals surface area contributed by atoms with Gasteiger partial charge in [0.15, 0.2) is 0 Å². The number of furan rings is 1. The number of anilines is 3. The molecule has 7 aromatic rings. The first-order chi connectivity index (χ1) is 34.7. The second-order valence-corrected chi connectivity index (χ2v) is 17.0. The number of hydrogen-bond acceptors (Lipinski definition) is 10. The molecule has 1 atom stereocenters. The number of carboxylic acids is 2. The van der Waals surface area contributed by atoms with Crippen molar-refractivity contribution < 1.29 is 56.9 Å². The molecule has 0 saturated carbocycles. The molecule has 5 aromatic heterocycles. The second kappa shape index (κ2) is 27.4. The number of para-hydroxylation sites is 2. The van der Waals surface area contributed by atoms with Crippen molar-refractivity contribution in [2.75, 3.05) is 18.5 Å². The van der Waals surface area contributed by atoms with Gasteiger partial charge in [-0.25, -0.2) is 14.6 Å². The Bertz CT molecular complexity index is 3050. The first-order valence-electron chi connectivity index (χ1n) is 22.5. The molecule has 0 aliphatic carbocycles. The number of nitrogens with zero attached hydrogens (tertiary/aromatic N) is 6. The first kappa shape index (κ1) is 56.5. The maximum absolute atomic E-state index is 12.9. The zero-order valence-corrected chi connectivity index (χ0v) is 42.7. The number of thiocarbonyl (C=S) groups is 1. The van der Waals surface area contributed by atoms with E-state index < -0.39 is 24.2 Å². The fraction of sp³-hybridized carbons (Fsp3) is 0.185. The molecule has 2 aromatic carbocycles. The molecule has 4 N–H and O–H groups in total. The van der Waals surface area contributed by atoms with Crippen LogP contribution < -0.4 is 10.2 Å². The Morgan fingerprint density at radius 2 is 1.56 bits per heavy atom. The van der Waals surface area contributed by atoms with E-state index in [-0.39, 0.29) is 59.9 Å². The van der Waals surface area contributed by atoms with Crippen LogP contribution in [0.5, 0.6) is 0 Å². The summed E-state index contributed by atoms with van der Waals surface area (Å²) in [6, 6.07) is 32.0. The predicted octanol–water partition coefficient (Wildman–Crippen LogP) is 14.4. The summed E-state index contributed by atoms with van der Waals surface area (Å²) < 4.78 is 44.8. The summed E-state index contributed by atoms with van der Waals surface area (Å²) in [5.41, 5.74) is 14.9. The third-order valence-electron chi connectivity index (χ3n) is 11.0. The number of halogens is 3. The van der Waals surface area contributed by atoms with Crippen LogP contribution in [0.4, 0.5) is 30.2 Å². The fourth-order valence-electron chi connectivity index (χ4n) is 7.48. The summed E-state index contributed by atoms with van der Waals surface area (Å²) in [7, 11) is 1.22. The Labute approximate surface area is 442 Å². The minimum absolute atomic E-state index is 0. The van der Waals surface area contributed by atoms with Crippen molar-refractivity contribution >= 4 is 69.1 Å². The van der Waals surface area contributed by atoms with Crippen molar-refractivity contribution in [3.8, 4) is 33.2 Å². The number of carbonyl (C=O) groups is 2. The molecule has 13 nitrogen and oxygen atoms in total. The summed E-state index contributed by atoms with van der Waals surface area (Å²) in [4.78, 5) is 39.8. The largest absolute Gasteiger partial charge is 3.00 e. The van der Waals surface area contributed by atoms with Gasteiger partial charge in [-0.2, -0.15) is 18.3 Å². The van der Waals surface area contributed by atoms with Crippen molar-refractivity contribution in [3.05, 3.63) is 196 Å². The average Bonchev–Trinajstić information content (AvgIpc) is 4.08. The van der Waals surface area contributed by atoms with Gasteiger partial charge < -0.3 is 41.3 Å². The Morgan fingerprint density at radius 1 is 0.904 bits per heavy atom. The maximum Gasteiger partial charge on any atom is 3.00 e. The molecule has 8 rings (SSSR count). The fourth-order valence-corrected chi connectivity index (χ4v) is 8.43. The molecular weight excluding hydrogens is 1060 g/mol. The number of aromatic nitrogens is 3. The zero-order valence-electron chi connectivity index (χ0n) is 39.4. The van der Waals surface area contributed by atoms with Crippen LogP contribution in [-0.2, 0) is 30.7 Å². The number of carboxylic acid groups (broad SMARTS) is 2. The van der Waals surface area contributed by atoms with Crippen LogP contribution in [0.15, 0.2) is 161 Å². The van der Waals surface area contributed by atoms with Gasteiger partial charge in [-0.05, 0) is 103 Å². The molecule has 0 saturated heterocycles. The predicted molar refractivity (Wildman–Crippen MR) is 281 cm³/mol. The van der Waals surface area contributed by atoms with E-state index >= 15 is 0 Å². The van der Waals surface area contributed by atoms with Gasteiger partial charge in [-0.3, -0.25) is 9.97 Å². The molecule has 0 bridgehead atoms. The number of aliphatic carboxylic acids is 1. The molecule has 19 heteroatoms. The molecule has 6 heterocycles. The third kappa shape index (κ3) is 15.5. The number of nitrogens with one attached hydrogen (secondary N) is 2. The third-order valence-corrected chi connectivity index (χ3v) is 12.0. The summed E-state index contributed by atoms with van der Waals surface area (Å²) in [5.74, 6) is -1.66. The number of aromatic carboxylic acids is 1. The van der Waals surface area contributed by atoms with E-state index in [9.17, 15) is 33.0 Å². The standard InChI is InChI=1S/C33H23N4O5.C20H25F3N3S.CNS.Ru/c38-32(39)22-12-14-35-28(16-22)30-18-23(33(40)41)17-29(36-30)27-15-21(11-13-34-27)31-19-26(20-42-31)37(24-7-3-1-4-8-24)25-9-5-2-6-10-25;1-3-4-5-6-7-14-9-11-27-19(14)15-8-10-26-17(12-15)16(24)13-18(25-2)20(21,22)23;2-1-3;/h1-13,15-20H,14H2,(H,38,39)(H,40,41);8-13,18,24-25H,3-7H2,1-2H3;;/q3*-1;+3/b;16-13-;;. The number of pyridine rings is 3. The van der Waals surface area contributed by atoms with E-state index in [0.717, 1.165) is 46.4 Å². The van der Waals surface area contributed by atoms with E-state index in [0.29, 0.717) is 22.7 Å². The van der Waals surface area contributed by atoms with Crippen molar-refractivity contribution in [1.29, 1.82) is 0 Å². The summed E-state index contributed by atoms with van der Waals surface area (Å²) in [5, 5.41) is 36.2. The number of aryl methyl sites for hydroxylation is 1. The average molecular weight is 1110 g/mol. The van der Waals surface area contributed by atoms with Gasteiger partial charge in [0.1, 0.15) is 18.1 Å². The van der Waals surface area contributed by atoms with Crippen molar-refractivity contribution in [2.24, 2.45) is 0 Å². The molecule has 0 amide bonds. The summed E-state index contributed by atoms with van der Waals surface area (Å²) in [6.07, 6.45) is 9.80. The van der Waals surface area contributed by atoms with Crippen LogP contribution in [0.1, 0.15) is 59.9 Å². The van der Waals surface area contributed by atoms with Gasteiger partial charge in [0, 0.05) is 51.7 Å². The molecule has 1 radical (unpaired) electrons. The Morgan fingerprint density at radius 3 is 2.19 bits per heavy atom. The SMILES string of the molecule is CCCCCCc1ccsc1-c1ccnc(/C([NH-])=C/C(NC)C(F)(F)F)c1.O=C(O)C1=CC[N-]C(c2cc(C(=O)O)cc(-c3cc(-c4cc(N(c5ccccc5)c5ccccc5)co4)ccn3)n2)=C1.[N-]=C=S.[Ru+3]. The van der Waals surface area contributed by atoms with Gasteiger partial charge in [-0.15, -0.1) is 29.3 Å². The van der Waals surface area contributed by atoms with Gasteiger partial charge in [0.05, 0.1) is 28.2 Å². The normalized spacial score (nSPS) is 12.4. The minimum Gasteiger partial charge on any atom is -0.753 e. The Hall–Kier alpha value is -7.40. The van der Waals surface area contributed by atoms with Gasteiger partial charge >= 0.3 is 37.6 Å². The number of unbranched alkanes of at least 4 members (excludes halogenated alkanes) is 3. The van der Waals surface area contributed by atoms with E-state index in [4.69, 9.17) is 15.6 Å². The first-order valence-corrected chi connectivity index (χ1v) is 23.8. The molecule has 73 heavy (non-hydrogen) atoms. The quantitative estimate of drug-likeness (QED) is 0.0339. The molecule has 375 valence electrons. The van der Waals surface area contributed by atoms with Gasteiger partial charge in [-0.1, -0.05) is 93.0 Å². The molecule has 1 aliphatic heterocycles. The number of hydrogen-bond donors (Lipinski definition) is 3. The summed E-state index contributed by atoms with van der Waals surface area (Å²) >= 11 is 5.31. The summed E-state index contributed by atoms with van der Waals surface area (Å²) in [6.45, 7) is 2.33. The smallest absolute Gasteiger partial charge is 0.753 e. The van der Waals surface area contributed by atoms with Crippen LogP contribution in [-0.4, -0.2) is 68.1 Å². The second-order valence-electron chi connectivity index (χ2n) is 15.9. The molecule has 0 spiro atoms. The monoisotopic (exact) mass is 1110 g/mol. The topological polar surface area (TPSA) is 202 Å². The van der Waals surface area contributed by atoms with Gasteiger partial charge in [0.25, 0.3) is 0 Å². The molecule has 0 fully saturated rings. The van der Waals surface area contributed by atoms with Crippen LogP contribution in [0.25, 0.3) is 61.0 Å². The molecule has 1 unspecified atom stereocenters. The molecular formula is C54H48F3N8O5RuS2. The van der Waals surface area contributed by atoms with Gasteiger partial charge in [0.2, 0.25) is 0 Å². The Kier molecular flexibility index (Phi) is 21.2. The van der Waals surface area contributed by atoms with E-state index in [1.54, 1.807) is 48.2 Å². The van der Waals surface area contributed by atoms with Crippen molar-refractivity contribution in [2.45, 2.75) is 51.2 Å². The number of thiophene rings is 1. The number of isothiocyanates is 1. The Balaban J connectivity index is 0.000000276. The number of alkyl halides is 3. The van der Waals surface area contributed by atoms with Crippen LogP contribution in [0.3, 0.4) is 0 Å². The van der Waals surface area contributed by atoms with Crippen molar-refractivity contribution in [3.63, 3.8) is 0 Å². The van der Waals surface area contributed by atoms with E-state index in [2.05, 4.69) is 55.7 Å². The van der Waals surface area contributed by atoms with E-state index in [1.807, 2.05) is 78.2 Å².